The van der Waals surface area contributed by atoms with Crippen LogP contribution in [-0.4, -0.2) is 54.9 Å². The fraction of sp³-hybridized carbons (Fsp3) is 0.818. The standard InChI is InChI=1S/C11H29NO4Si4/c1-7-9-12(2)10-8-11-20(6)15-18(4)13-17(3)14-19(5)16-20/h7,9,17-19H,8,10-11H2,1-6H3. The largest absolute Gasteiger partial charge is 0.420 e. The first kappa shape index (κ1) is 18.3. The Morgan fingerprint density at radius 3 is 2.10 bits per heavy atom. The molecule has 2 unspecified atom stereocenters. The molecule has 2 atom stereocenters. The van der Waals surface area contributed by atoms with Crippen molar-refractivity contribution in [2.75, 3.05) is 13.6 Å². The number of rotatable bonds is 5. The van der Waals surface area contributed by atoms with Gasteiger partial charge in [-0.3, -0.25) is 0 Å². The summed E-state index contributed by atoms with van der Waals surface area (Å²) in [5.74, 6) is 0. The van der Waals surface area contributed by atoms with E-state index in [2.05, 4.69) is 50.4 Å². The first-order valence-corrected chi connectivity index (χ1v) is 16.2. The third kappa shape index (κ3) is 6.80. The first-order valence-electron chi connectivity index (χ1n) is 7.34. The molecule has 0 bridgehead atoms. The summed E-state index contributed by atoms with van der Waals surface area (Å²) in [6.07, 6.45) is 5.23. The van der Waals surface area contributed by atoms with Gasteiger partial charge in [-0.05, 0) is 51.8 Å². The summed E-state index contributed by atoms with van der Waals surface area (Å²) in [5.41, 5.74) is 0. The highest BCUT2D eigenvalue weighted by molar-refractivity contribution is 6.81. The average Bonchev–Trinajstić information content (AvgIpc) is 2.25. The summed E-state index contributed by atoms with van der Waals surface area (Å²) in [6.45, 7) is 11.5. The van der Waals surface area contributed by atoms with Gasteiger partial charge >= 0.3 is 8.56 Å². The lowest BCUT2D eigenvalue weighted by Gasteiger charge is -2.37. The minimum absolute atomic E-state index is 1.01. The predicted octanol–water partition coefficient (Wildman–Crippen LogP) is 1.54. The second kappa shape index (κ2) is 8.63. The molecule has 1 aliphatic rings. The normalized spacial score (nSPS) is 35.8. The van der Waals surface area contributed by atoms with Crippen molar-refractivity contribution < 1.29 is 16.5 Å². The molecule has 0 amide bonds. The minimum Gasteiger partial charge on any atom is -0.420 e. The van der Waals surface area contributed by atoms with E-state index in [1.165, 1.54) is 0 Å². The first-order chi connectivity index (χ1) is 9.34. The summed E-state index contributed by atoms with van der Waals surface area (Å²) >= 11 is 0. The quantitative estimate of drug-likeness (QED) is 0.703. The van der Waals surface area contributed by atoms with Gasteiger partial charge in [0.2, 0.25) is 0 Å². The molecule has 0 aliphatic carbocycles. The molecule has 0 aromatic carbocycles. The second-order valence-corrected chi connectivity index (χ2v) is 15.6. The Kier molecular flexibility index (Phi) is 7.90. The van der Waals surface area contributed by atoms with Crippen LogP contribution in [0.2, 0.25) is 32.2 Å². The van der Waals surface area contributed by atoms with Crippen molar-refractivity contribution in [3.63, 3.8) is 0 Å². The zero-order valence-electron chi connectivity index (χ0n) is 13.6. The van der Waals surface area contributed by atoms with Crippen LogP contribution in [0, 0.1) is 0 Å². The third-order valence-electron chi connectivity index (χ3n) is 3.14. The van der Waals surface area contributed by atoms with Gasteiger partial charge in [0.25, 0.3) is 27.9 Å². The molecule has 0 spiro atoms. The van der Waals surface area contributed by atoms with Gasteiger partial charge in [0, 0.05) is 13.6 Å². The van der Waals surface area contributed by atoms with Crippen molar-refractivity contribution in [2.45, 2.75) is 45.6 Å². The Morgan fingerprint density at radius 1 is 1.05 bits per heavy atom. The molecule has 0 aromatic heterocycles. The Bertz CT molecular complexity index is 307. The fourth-order valence-electron chi connectivity index (χ4n) is 2.45. The van der Waals surface area contributed by atoms with Crippen LogP contribution in [-0.2, 0) is 16.5 Å². The van der Waals surface area contributed by atoms with E-state index in [-0.39, 0.29) is 0 Å². The molecule has 0 aromatic rings. The van der Waals surface area contributed by atoms with E-state index in [1.807, 2.05) is 6.92 Å². The highest BCUT2D eigenvalue weighted by atomic mass is 28.5. The van der Waals surface area contributed by atoms with Crippen LogP contribution >= 0.6 is 0 Å². The molecule has 0 N–H and O–H groups in total. The molecule has 9 heteroatoms. The number of hydrogen-bond acceptors (Lipinski definition) is 5. The Morgan fingerprint density at radius 2 is 1.60 bits per heavy atom. The van der Waals surface area contributed by atoms with E-state index < -0.39 is 36.4 Å². The highest BCUT2D eigenvalue weighted by Crippen LogP contribution is 2.21. The molecule has 1 saturated heterocycles. The molecule has 1 aliphatic heterocycles. The van der Waals surface area contributed by atoms with Crippen LogP contribution in [0.15, 0.2) is 12.3 Å². The van der Waals surface area contributed by atoms with Crippen molar-refractivity contribution in [2.24, 2.45) is 0 Å². The smallest absolute Gasteiger partial charge is 0.317 e. The molecule has 1 heterocycles. The van der Waals surface area contributed by atoms with Crippen molar-refractivity contribution in [3.8, 4) is 0 Å². The summed E-state index contributed by atoms with van der Waals surface area (Å²) < 4.78 is 24.3. The van der Waals surface area contributed by atoms with Crippen LogP contribution in [0.25, 0.3) is 0 Å². The summed E-state index contributed by atoms with van der Waals surface area (Å²) in [6, 6.07) is 1.01. The van der Waals surface area contributed by atoms with Gasteiger partial charge in [0.1, 0.15) is 0 Å². The van der Waals surface area contributed by atoms with Crippen LogP contribution < -0.4 is 0 Å². The van der Waals surface area contributed by atoms with Crippen molar-refractivity contribution in [1.29, 1.82) is 0 Å². The molecular weight excluding hydrogens is 322 g/mol. The van der Waals surface area contributed by atoms with Gasteiger partial charge in [0.05, 0.1) is 0 Å². The topological polar surface area (TPSA) is 40.2 Å². The van der Waals surface area contributed by atoms with Crippen LogP contribution in [0.5, 0.6) is 0 Å². The van der Waals surface area contributed by atoms with Crippen LogP contribution in [0.4, 0.5) is 0 Å². The van der Waals surface area contributed by atoms with Crippen molar-refractivity contribution in [3.05, 3.63) is 12.3 Å². The van der Waals surface area contributed by atoms with E-state index in [0.29, 0.717) is 0 Å². The fourth-order valence-corrected chi connectivity index (χ4v) is 17.1. The van der Waals surface area contributed by atoms with Crippen molar-refractivity contribution >= 4 is 36.4 Å². The lowest BCUT2D eigenvalue weighted by molar-refractivity contribution is 0.272. The van der Waals surface area contributed by atoms with E-state index in [1.54, 1.807) is 0 Å². The number of allylic oxidation sites excluding steroid dienone is 1. The monoisotopic (exact) mass is 351 g/mol. The van der Waals surface area contributed by atoms with Gasteiger partial charge in [0.15, 0.2) is 0 Å². The van der Waals surface area contributed by atoms with Crippen LogP contribution in [0.3, 0.4) is 0 Å². The summed E-state index contributed by atoms with van der Waals surface area (Å²) in [7, 11) is -4.72. The Hall–Kier alpha value is 0.248. The average molecular weight is 352 g/mol. The lowest BCUT2D eigenvalue weighted by atomic mass is 10.4. The molecule has 1 rings (SSSR count). The van der Waals surface area contributed by atoms with Gasteiger partial charge < -0.3 is 21.4 Å². The van der Waals surface area contributed by atoms with Gasteiger partial charge in [-0.2, -0.15) is 0 Å². The Balaban J connectivity index is 2.51. The molecular formula is C11H29NO4Si4. The Labute approximate surface area is 129 Å². The molecule has 118 valence electrons. The van der Waals surface area contributed by atoms with E-state index in [4.69, 9.17) is 16.5 Å². The second-order valence-electron chi connectivity index (χ2n) is 5.41. The summed E-state index contributed by atoms with van der Waals surface area (Å²) in [5, 5.41) is 0. The maximum absolute atomic E-state index is 6.25. The SMILES string of the molecule is CC=CN(C)CCC[Si]1(C)O[SiH](C)O[SiH](C)O[SiH](C)O1. The van der Waals surface area contributed by atoms with E-state index in [0.717, 1.165) is 19.0 Å². The van der Waals surface area contributed by atoms with Gasteiger partial charge in [-0.15, -0.1) is 0 Å². The zero-order chi connectivity index (χ0) is 15.2. The molecule has 0 radical (unpaired) electrons. The maximum Gasteiger partial charge on any atom is 0.317 e. The number of hydrogen-bond donors (Lipinski definition) is 0. The molecule has 20 heavy (non-hydrogen) atoms. The lowest BCUT2D eigenvalue weighted by Crippen LogP contribution is -2.53. The molecule has 5 nitrogen and oxygen atoms in total. The van der Waals surface area contributed by atoms with Crippen LogP contribution in [0.1, 0.15) is 13.3 Å². The zero-order valence-corrected chi connectivity index (χ0v) is 18.1. The predicted molar refractivity (Wildman–Crippen MR) is 91.9 cm³/mol. The van der Waals surface area contributed by atoms with E-state index in [9.17, 15) is 0 Å². The minimum atomic E-state index is -2.12. The van der Waals surface area contributed by atoms with E-state index >= 15 is 0 Å². The van der Waals surface area contributed by atoms with Crippen molar-refractivity contribution in [1.82, 2.24) is 4.90 Å². The number of nitrogens with zero attached hydrogens (tertiary/aromatic N) is 1. The summed E-state index contributed by atoms with van der Waals surface area (Å²) in [4.78, 5) is 2.20. The highest BCUT2D eigenvalue weighted by Gasteiger charge is 2.38. The molecule has 1 fully saturated rings. The van der Waals surface area contributed by atoms with Gasteiger partial charge in [-0.1, -0.05) is 6.08 Å². The van der Waals surface area contributed by atoms with Gasteiger partial charge in [-0.25, -0.2) is 0 Å². The third-order valence-corrected chi connectivity index (χ3v) is 17.2. The maximum atomic E-state index is 6.25. The molecule has 0 saturated carbocycles.